The number of nitrogens with one attached hydrogen (secondary N) is 1. The van der Waals surface area contributed by atoms with E-state index < -0.39 is 0 Å². The van der Waals surface area contributed by atoms with Gasteiger partial charge in [0.25, 0.3) is 0 Å². The Balaban J connectivity index is 2.27. The highest BCUT2D eigenvalue weighted by Crippen LogP contribution is 2.41. The van der Waals surface area contributed by atoms with Gasteiger partial charge in [-0.1, -0.05) is 66.2 Å². The molecule has 3 N–H and O–H groups in total. The fourth-order valence-corrected chi connectivity index (χ4v) is 4.31. The zero-order chi connectivity index (χ0) is 13.8. The number of hydrazine groups is 1. The van der Waals surface area contributed by atoms with Gasteiger partial charge in [0.05, 0.1) is 6.04 Å². The van der Waals surface area contributed by atoms with E-state index in [-0.39, 0.29) is 6.04 Å². The molecule has 2 rings (SSSR count). The molecular weight excluding hydrogens is 324 g/mol. The fraction of sp³-hybridized carbons (Fsp3) is 0.600. The third kappa shape index (κ3) is 3.52. The van der Waals surface area contributed by atoms with Crippen LogP contribution in [0.4, 0.5) is 0 Å². The van der Waals surface area contributed by atoms with Crippen LogP contribution in [-0.4, -0.2) is 0 Å². The third-order valence-electron chi connectivity index (χ3n) is 4.40. The molecule has 1 fully saturated rings. The second kappa shape index (κ2) is 7.07. The lowest BCUT2D eigenvalue weighted by molar-refractivity contribution is 0.175. The molecule has 106 valence electrons. The molecule has 0 radical (unpaired) electrons. The molecule has 0 aliphatic heterocycles. The van der Waals surface area contributed by atoms with E-state index in [1.165, 1.54) is 37.7 Å². The van der Waals surface area contributed by atoms with Crippen molar-refractivity contribution in [1.82, 2.24) is 5.43 Å². The van der Waals surface area contributed by atoms with E-state index in [2.05, 4.69) is 34.3 Å². The highest BCUT2D eigenvalue weighted by molar-refractivity contribution is 9.10. The highest BCUT2D eigenvalue weighted by atomic mass is 79.9. The van der Waals surface area contributed by atoms with Crippen LogP contribution < -0.4 is 11.3 Å². The summed E-state index contributed by atoms with van der Waals surface area (Å²) in [5.74, 6) is 7.23. The number of rotatable bonds is 4. The lowest BCUT2D eigenvalue weighted by Gasteiger charge is -2.37. The van der Waals surface area contributed by atoms with E-state index in [1.54, 1.807) is 0 Å². The van der Waals surface area contributed by atoms with Crippen LogP contribution in [0.2, 0.25) is 5.02 Å². The average Bonchev–Trinajstić information content (AvgIpc) is 2.42. The minimum absolute atomic E-state index is 0.205. The Bertz CT molecular complexity index is 425. The van der Waals surface area contributed by atoms with Gasteiger partial charge in [-0.25, -0.2) is 0 Å². The molecular formula is C15H22BrClN2. The van der Waals surface area contributed by atoms with E-state index in [0.29, 0.717) is 5.92 Å². The van der Waals surface area contributed by atoms with Crippen molar-refractivity contribution in [2.24, 2.45) is 17.7 Å². The summed E-state index contributed by atoms with van der Waals surface area (Å²) in [6.45, 7) is 2.29. The predicted octanol–water partition coefficient (Wildman–Crippen LogP) is 4.82. The second-order valence-electron chi connectivity index (χ2n) is 5.43. The molecule has 0 amide bonds. The van der Waals surface area contributed by atoms with Crippen LogP contribution >= 0.6 is 27.5 Å². The predicted molar refractivity (Wildman–Crippen MR) is 85.0 cm³/mol. The van der Waals surface area contributed by atoms with Crippen molar-refractivity contribution >= 4 is 27.5 Å². The van der Waals surface area contributed by atoms with Gasteiger partial charge in [0.1, 0.15) is 0 Å². The van der Waals surface area contributed by atoms with Crippen molar-refractivity contribution in [3.63, 3.8) is 0 Å². The molecule has 1 aliphatic rings. The number of hydrogen-bond acceptors (Lipinski definition) is 2. The topological polar surface area (TPSA) is 38.0 Å². The quantitative estimate of drug-likeness (QED) is 0.606. The molecule has 0 heterocycles. The Hall–Kier alpha value is -0.0900. The van der Waals surface area contributed by atoms with Crippen molar-refractivity contribution in [2.45, 2.75) is 45.1 Å². The minimum atomic E-state index is 0.205. The van der Waals surface area contributed by atoms with Crippen molar-refractivity contribution in [2.75, 3.05) is 0 Å². The monoisotopic (exact) mass is 344 g/mol. The zero-order valence-corrected chi connectivity index (χ0v) is 13.7. The maximum atomic E-state index is 6.02. The number of benzene rings is 1. The molecule has 1 aliphatic carbocycles. The van der Waals surface area contributed by atoms with Crippen molar-refractivity contribution in [3.8, 4) is 0 Å². The maximum absolute atomic E-state index is 6.02. The summed E-state index contributed by atoms with van der Waals surface area (Å²) in [5.41, 5.74) is 4.26. The van der Waals surface area contributed by atoms with Crippen LogP contribution in [0.25, 0.3) is 0 Å². The molecule has 0 saturated heterocycles. The lowest BCUT2D eigenvalue weighted by Crippen LogP contribution is -2.38. The first-order valence-electron chi connectivity index (χ1n) is 7.08. The van der Waals surface area contributed by atoms with Crippen molar-refractivity contribution < 1.29 is 0 Å². The average molecular weight is 346 g/mol. The number of nitrogens with two attached hydrogens (primary N) is 1. The summed E-state index contributed by atoms with van der Waals surface area (Å²) in [4.78, 5) is 0. The summed E-state index contributed by atoms with van der Waals surface area (Å²) < 4.78 is 1.04. The Kier molecular flexibility index (Phi) is 5.70. The van der Waals surface area contributed by atoms with Gasteiger partial charge in [-0.3, -0.25) is 11.3 Å². The summed E-state index contributed by atoms with van der Waals surface area (Å²) in [5, 5.41) is 0.752. The van der Waals surface area contributed by atoms with Crippen LogP contribution in [-0.2, 0) is 0 Å². The van der Waals surface area contributed by atoms with Gasteiger partial charge in [0.2, 0.25) is 0 Å². The van der Waals surface area contributed by atoms with Gasteiger partial charge in [0.15, 0.2) is 0 Å². The Morgan fingerprint density at radius 2 is 2.16 bits per heavy atom. The third-order valence-corrected chi connectivity index (χ3v) is 5.32. The molecule has 3 unspecified atom stereocenters. The molecule has 2 nitrogen and oxygen atoms in total. The summed E-state index contributed by atoms with van der Waals surface area (Å²) >= 11 is 9.64. The minimum Gasteiger partial charge on any atom is -0.271 e. The second-order valence-corrected chi connectivity index (χ2v) is 6.72. The van der Waals surface area contributed by atoms with E-state index in [1.807, 2.05) is 12.1 Å². The van der Waals surface area contributed by atoms with Crippen LogP contribution in [0.15, 0.2) is 22.7 Å². The molecule has 3 atom stereocenters. The van der Waals surface area contributed by atoms with Crippen LogP contribution in [0, 0.1) is 11.8 Å². The molecule has 0 spiro atoms. The molecule has 1 saturated carbocycles. The molecule has 1 aromatic carbocycles. The van der Waals surface area contributed by atoms with Gasteiger partial charge in [-0.15, -0.1) is 0 Å². The summed E-state index contributed by atoms with van der Waals surface area (Å²) in [6.07, 6.45) is 6.47. The van der Waals surface area contributed by atoms with Crippen molar-refractivity contribution in [3.05, 3.63) is 33.3 Å². The Morgan fingerprint density at radius 3 is 2.79 bits per heavy atom. The SMILES string of the molecule is CCC1CCCCC1C(NN)c1ccc(Cl)cc1Br. The molecule has 4 heteroatoms. The molecule has 0 bridgehead atoms. The zero-order valence-electron chi connectivity index (χ0n) is 11.3. The highest BCUT2D eigenvalue weighted by Gasteiger charge is 2.32. The maximum Gasteiger partial charge on any atom is 0.0501 e. The Labute approximate surface area is 129 Å². The van der Waals surface area contributed by atoms with Crippen LogP contribution in [0.5, 0.6) is 0 Å². The molecule has 0 aromatic heterocycles. The first kappa shape index (κ1) is 15.3. The standard InChI is InChI=1S/C15H22BrClN2/c1-2-10-5-3-4-6-12(10)15(19-18)13-8-7-11(17)9-14(13)16/h7-10,12,15,19H,2-6,18H2,1H3. The van der Waals surface area contributed by atoms with Gasteiger partial charge in [-0.05, 0) is 36.0 Å². The first-order valence-corrected chi connectivity index (χ1v) is 8.25. The largest absolute Gasteiger partial charge is 0.271 e. The fourth-order valence-electron chi connectivity index (χ4n) is 3.38. The molecule has 19 heavy (non-hydrogen) atoms. The van der Waals surface area contributed by atoms with Gasteiger partial charge in [-0.2, -0.15) is 0 Å². The number of halogens is 2. The van der Waals surface area contributed by atoms with Crippen LogP contribution in [0.1, 0.15) is 50.6 Å². The Morgan fingerprint density at radius 1 is 1.42 bits per heavy atom. The van der Waals surface area contributed by atoms with E-state index in [9.17, 15) is 0 Å². The van der Waals surface area contributed by atoms with Gasteiger partial charge >= 0.3 is 0 Å². The van der Waals surface area contributed by atoms with Crippen LogP contribution in [0.3, 0.4) is 0 Å². The normalized spacial score (nSPS) is 25.3. The summed E-state index contributed by atoms with van der Waals surface area (Å²) in [6, 6.07) is 6.18. The van der Waals surface area contributed by atoms with E-state index >= 15 is 0 Å². The summed E-state index contributed by atoms with van der Waals surface area (Å²) in [7, 11) is 0. The first-order chi connectivity index (χ1) is 9.17. The lowest BCUT2D eigenvalue weighted by atomic mass is 9.72. The molecule has 1 aromatic rings. The van der Waals surface area contributed by atoms with Gasteiger partial charge < -0.3 is 0 Å². The van der Waals surface area contributed by atoms with E-state index in [0.717, 1.165) is 15.4 Å². The van der Waals surface area contributed by atoms with Crippen molar-refractivity contribution in [1.29, 1.82) is 0 Å². The smallest absolute Gasteiger partial charge is 0.0501 e. The van der Waals surface area contributed by atoms with E-state index in [4.69, 9.17) is 17.4 Å². The number of hydrogen-bond donors (Lipinski definition) is 2. The van der Waals surface area contributed by atoms with Gasteiger partial charge in [0, 0.05) is 9.50 Å².